The summed E-state index contributed by atoms with van der Waals surface area (Å²) in [5.41, 5.74) is 0.994. The number of rotatable bonds is 5. The molecule has 4 rings (SSSR count). The fourth-order valence-corrected chi connectivity index (χ4v) is 6.20. The molecule has 0 bridgehead atoms. The lowest BCUT2D eigenvalue weighted by molar-refractivity contribution is -0.135. The molecule has 1 amide bonds. The number of ether oxygens (including phenoxy) is 1. The number of anilines is 1. The molecule has 31 heavy (non-hydrogen) atoms. The van der Waals surface area contributed by atoms with Crippen LogP contribution in [0.3, 0.4) is 0 Å². The number of esters is 1. The summed E-state index contributed by atoms with van der Waals surface area (Å²) in [4.78, 5) is 29.6. The first-order valence-corrected chi connectivity index (χ1v) is 12.5. The van der Waals surface area contributed by atoms with Gasteiger partial charge in [0.1, 0.15) is 11.8 Å². The zero-order valence-corrected chi connectivity index (χ0v) is 18.5. The Morgan fingerprint density at radius 3 is 2.45 bits per heavy atom. The van der Waals surface area contributed by atoms with Gasteiger partial charge >= 0.3 is 5.97 Å². The van der Waals surface area contributed by atoms with E-state index in [2.05, 4.69) is 10.0 Å². The van der Waals surface area contributed by atoms with Crippen molar-refractivity contribution in [3.8, 4) is 0 Å². The van der Waals surface area contributed by atoms with Crippen LogP contribution in [0, 0.1) is 0 Å². The van der Waals surface area contributed by atoms with Crippen molar-refractivity contribution in [2.75, 3.05) is 49.3 Å². The van der Waals surface area contributed by atoms with E-state index >= 15 is 0 Å². The first kappa shape index (κ1) is 21.8. The van der Waals surface area contributed by atoms with E-state index in [9.17, 15) is 18.0 Å². The maximum atomic E-state index is 13.4. The van der Waals surface area contributed by atoms with E-state index in [0.29, 0.717) is 32.6 Å². The maximum absolute atomic E-state index is 13.4. The molecule has 0 spiro atoms. The Morgan fingerprint density at radius 2 is 1.84 bits per heavy atom. The lowest BCUT2D eigenvalue weighted by Crippen LogP contribution is -2.55. The number of hydrazone groups is 1. The molecule has 0 aromatic heterocycles. The third-order valence-corrected chi connectivity index (χ3v) is 7.83. The van der Waals surface area contributed by atoms with Crippen molar-refractivity contribution < 1.29 is 22.7 Å². The van der Waals surface area contributed by atoms with Gasteiger partial charge in [0.05, 0.1) is 23.8 Å². The average molecular weight is 449 g/mol. The standard InChI is InChI=1S/C21H28N4O5S/c1-2-30-21(27)18-14-19(25(22-18)16-6-4-3-5-7-16)20(26)24-11-9-23(10-12-24)17-8-13-31(28,29)15-17/h3-7,17,19H,2,8-15H2,1H3. The van der Waals surface area contributed by atoms with Crippen LogP contribution in [0.2, 0.25) is 0 Å². The summed E-state index contributed by atoms with van der Waals surface area (Å²) in [7, 11) is -2.93. The molecule has 0 aliphatic carbocycles. The smallest absolute Gasteiger partial charge is 0.354 e. The lowest BCUT2D eigenvalue weighted by atomic mass is 10.1. The molecule has 168 valence electrons. The van der Waals surface area contributed by atoms with Crippen LogP contribution >= 0.6 is 0 Å². The highest BCUT2D eigenvalue weighted by atomic mass is 32.2. The summed E-state index contributed by atoms with van der Waals surface area (Å²) in [6.45, 7) is 4.35. The molecule has 2 unspecified atom stereocenters. The Bertz CT molecular complexity index is 957. The second kappa shape index (κ2) is 8.96. The van der Waals surface area contributed by atoms with E-state index in [-0.39, 0.29) is 42.2 Å². The Labute approximate surface area is 182 Å². The van der Waals surface area contributed by atoms with Gasteiger partial charge in [0.2, 0.25) is 5.91 Å². The van der Waals surface area contributed by atoms with Crippen LogP contribution in [0.5, 0.6) is 0 Å². The van der Waals surface area contributed by atoms with Crippen LogP contribution in [-0.2, 0) is 24.2 Å². The summed E-state index contributed by atoms with van der Waals surface area (Å²) in [5.74, 6) is -0.113. The molecule has 1 aromatic rings. The molecule has 2 saturated heterocycles. The van der Waals surface area contributed by atoms with Crippen molar-refractivity contribution >= 4 is 33.1 Å². The van der Waals surface area contributed by atoms with Gasteiger partial charge in [-0.1, -0.05) is 18.2 Å². The fraction of sp³-hybridized carbons (Fsp3) is 0.571. The molecule has 0 N–H and O–H groups in total. The molecule has 3 aliphatic heterocycles. The van der Waals surface area contributed by atoms with Gasteiger partial charge in [-0.05, 0) is 25.5 Å². The largest absolute Gasteiger partial charge is 0.461 e. The van der Waals surface area contributed by atoms with E-state index in [4.69, 9.17) is 4.74 Å². The molecule has 0 saturated carbocycles. The first-order valence-electron chi connectivity index (χ1n) is 10.7. The lowest BCUT2D eigenvalue weighted by Gasteiger charge is -2.39. The van der Waals surface area contributed by atoms with E-state index in [1.165, 1.54) is 0 Å². The zero-order chi connectivity index (χ0) is 22.0. The first-order chi connectivity index (χ1) is 14.9. The number of nitrogens with zero attached hydrogens (tertiary/aromatic N) is 4. The quantitative estimate of drug-likeness (QED) is 0.606. The van der Waals surface area contributed by atoms with Crippen LogP contribution in [0.4, 0.5) is 5.69 Å². The minimum absolute atomic E-state index is 0.0494. The van der Waals surface area contributed by atoms with Crippen LogP contribution in [-0.4, -0.2) is 92.2 Å². The predicted molar refractivity (Wildman–Crippen MR) is 117 cm³/mol. The van der Waals surface area contributed by atoms with Gasteiger partial charge in [-0.2, -0.15) is 5.10 Å². The highest BCUT2D eigenvalue weighted by Crippen LogP contribution is 2.27. The molecule has 10 heteroatoms. The molecule has 2 atom stereocenters. The number of amides is 1. The number of piperazine rings is 1. The Kier molecular flexibility index (Phi) is 6.29. The van der Waals surface area contributed by atoms with E-state index in [0.717, 1.165) is 5.69 Å². The van der Waals surface area contributed by atoms with Crippen LogP contribution in [0.1, 0.15) is 19.8 Å². The number of benzene rings is 1. The molecule has 0 radical (unpaired) electrons. The molecule has 9 nitrogen and oxygen atoms in total. The summed E-state index contributed by atoms with van der Waals surface area (Å²) < 4.78 is 28.7. The fourth-order valence-electron chi connectivity index (χ4n) is 4.44. The van der Waals surface area contributed by atoms with Crippen molar-refractivity contribution in [2.45, 2.75) is 31.8 Å². The second-order valence-corrected chi connectivity index (χ2v) is 10.3. The third kappa shape index (κ3) is 4.74. The van der Waals surface area contributed by atoms with Gasteiger partial charge in [-0.15, -0.1) is 0 Å². The maximum Gasteiger partial charge on any atom is 0.354 e. The molecule has 2 fully saturated rings. The number of carbonyl (C=O) groups excluding carboxylic acids is 2. The average Bonchev–Trinajstić information content (AvgIpc) is 3.38. The van der Waals surface area contributed by atoms with Gasteiger partial charge in [0.25, 0.3) is 0 Å². The third-order valence-electron chi connectivity index (χ3n) is 6.08. The molecule has 3 heterocycles. The number of hydrogen-bond donors (Lipinski definition) is 0. The van der Waals surface area contributed by atoms with Crippen molar-refractivity contribution in [3.63, 3.8) is 0 Å². The molecule has 1 aromatic carbocycles. The van der Waals surface area contributed by atoms with Crippen LogP contribution in [0.15, 0.2) is 35.4 Å². The highest BCUT2D eigenvalue weighted by Gasteiger charge is 2.40. The number of sulfone groups is 1. The summed E-state index contributed by atoms with van der Waals surface area (Å²) in [5, 5.41) is 6.03. The topological polar surface area (TPSA) is 99.6 Å². The van der Waals surface area contributed by atoms with Crippen molar-refractivity contribution in [1.82, 2.24) is 9.80 Å². The van der Waals surface area contributed by atoms with Crippen LogP contribution < -0.4 is 5.01 Å². The molecular weight excluding hydrogens is 420 g/mol. The van der Waals surface area contributed by atoms with Gasteiger partial charge in [-0.3, -0.25) is 14.7 Å². The summed E-state index contributed by atoms with van der Waals surface area (Å²) >= 11 is 0. The Morgan fingerprint density at radius 1 is 1.13 bits per heavy atom. The van der Waals surface area contributed by atoms with Gasteiger partial charge in [-0.25, -0.2) is 13.2 Å². The summed E-state index contributed by atoms with van der Waals surface area (Å²) in [6, 6.07) is 8.78. The summed E-state index contributed by atoms with van der Waals surface area (Å²) in [6.07, 6.45) is 0.866. The predicted octanol–water partition coefficient (Wildman–Crippen LogP) is 0.516. The molecular formula is C21H28N4O5S. The number of para-hydroxylation sites is 1. The minimum Gasteiger partial charge on any atom is -0.461 e. The number of hydrogen-bond acceptors (Lipinski definition) is 8. The minimum atomic E-state index is -2.93. The van der Waals surface area contributed by atoms with Crippen molar-refractivity contribution in [3.05, 3.63) is 30.3 Å². The molecule has 3 aliphatic rings. The van der Waals surface area contributed by atoms with Crippen LogP contribution in [0.25, 0.3) is 0 Å². The number of carbonyl (C=O) groups is 2. The Balaban J connectivity index is 1.44. The Hall–Kier alpha value is -2.46. The van der Waals surface area contributed by atoms with E-state index in [1.54, 1.807) is 16.8 Å². The van der Waals surface area contributed by atoms with Gasteiger partial charge < -0.3 is 9.64 Å². The van der Waals surface area contributed by atoms with E-state index < -0.39 is 21.8 Å². The SMILES string of the molecule is CCOC(=O)C1=NN(c2ccccc2)C(C(=O)N2CCN(C3CCS(=O)(=O)C3)CC2)C1. The normalized spacial score (nSPS) is 26.0. The van der Waals surface area contributed by atoms with Crippen molar-refractivity contribution in [2.24, 2.45) is 5.10 Å². The van der Waals surface area contributed by atoms with Crippen molar-refractivity contribution in [1.29, 1.82) is 0 Å². The van der Waals surface area contributed by atoms with Gasteiger partial charge in [0, 0.05) is 38.6 Å². The zero-order valence-electron chi connectivity index (χ0n) is 17.6. The monoisotopic (exact) mass is 448 g/mol. The van der Waals surface area contributed by atoms with E-state index in [1.807, 2.05) is 30.3 Å². The second-order valence-electron chi connectivity index (χ2n) is 8.09. The van der Waals surface area contributed by atoms with Gasteiger partial charge in [0.15, 0.2) is 9.84 Å². The highest BCUT2D eigenvalue weighted by molar-refractivity contribution is 7.91.